The van der Waals surface area contributed by atoms with E-state index in [0.717, 1.165) is 5.56 Å². The van der Waals surface area contributed by atoms with E-state index in [0.29, 0.717) is 21.9 Å². The van der Waals surface area contributed by atoms with Gasteiger partial charge in [-0.05, 0) is 43.2 Å². The third kappa shape index (κ3) is 5.72. The smallest absolute Gasteiger partial charge is 0.339 e. The molecular weight excluding hydrogens is 378 g/mol. The van der Waals surface area contributed by atoms with Crippen molar-refractivity contribution in [3.8, 4) is 0 Å². The molecular formula is C22H22ClNO4. The Labute approximate surface area is 169 Å². The predicted octanol–water partition coefficient (Wildman–Crippen LogP) is 5.58. The monoisotopic (exact) mass is 399 g/mol. The highest BCUT2D eigenvalue weighted by Crippen LogP contribution is 2.29. The minimum Gasteiger partial charge on any atom is -0.500 e. The van der Waals surface area contributed by atoms with Crippen LogP contribution in [-0.2, 0) is 14.4 Å². The van der Waals surface area contributed by atoms with Crippen LogP contribution in [0, 0.1) is 0 Å². The van der Waals surface area contributed by atoms with Crippen molar-refractivity contribution in [3.63, 3.8) is 0 Å². The number of hydrogen-bond donors (Lipinski definition) is 1. The van der Waals surface area contributed by atoms with E-state index in [1.54, 1.807) is 32.1 Å². The van der Waals surface area contributed by atoms with Crippen LogP contribution in [0.5, 0.6) is 0 Å². The third-order valence-corrected chi connectivity index (χ3v) is 4.32. The quantitative estimate of drug-likeness (QED) is 0.272. The summed E-state index contributed by atoms with van der Waals surface area (Å²) < 4.78 is 5.14. The van der Waals surface area contributed by atoms with Crippen LogP contribution >= 0.6 is 11.6 Å². The van der Waals surface area contributed by atoms with E-state index in [9.17, 15) is 9.90 Å². The number of rotatable bonds is 8. The summed E-state index contributed by atoms with van der Waals surface area (Å²) in [6.45, 7) is 3.42. The number of carboxylic acids is 1. The maximum absolute atomic E-state index is 11.7. The fourth-order valence-corrected chi connectivity index (χ4v) is 2.71. The number of benzene rings is 2. The van der Waals surface area contributed by atoms with Gasteiger partial charge in [0.2, 0.25) is 0 Å². The van der Waals surface area contributed by atoms with Gasteiger partial charge in [0.05, 0.1) is 13.3 Å². The Kier molecular flexibility index (Phi) is 7.84. The molecule has 0 amide bonds. The van der Waals surface area contributed by atoms with Crippen LogP contribution in [-0.4, -0.2) is 24.4 Å². The zero-order valence-electron chi connectivity index (χ0n) is 15.9. The van der Waals surface area contributed by atoms with Gasteiger partial charge < -0.3 is 14.7 Å². The van der Waals surface area contributed by atoms with E-state index in [1.807, 2.05) is 42.5 Å². The van der Waals surface area contributed by atoms with Gasteiger partial charge in [0, 0.05) is 10.6 Å². The summed E-state index contributed by atoms with van der Waals surface area (Å²) in [6, 6.07) is 14.5. The number of carboxylic acid groups (broad SMARTS) is 1. The van der Waals surface area contributed by atoms with Gasteiger partial charge in [-0.25, -0.2) is 4.79 Å². The van der Waals surface area contributed by atoms with Gasteiger partial charge in [-0.3, -0.25) is 0 Å². The molecule has 0 heterocycles. The van der Waals surface area contributed by atoms with E-state index in [1.165, 1.54) is 13.3 Å². The fourth-order valence-electron chi connectivity index (χ4n) is 2.58. The molecule has 1 atom stereocenters. The van der Waals surface area contributed by atoms with Gasteiger partial charge in [-0.15, -0.1) is 0 Å². The SMILES string of the molecule is COC(C)=C(C(=O)O)c1ccccc1C(C)ON=CC=Cc1ccc(Cl)cc1. The standard InChI is InChI=1S/C22H22ClNO4/c1-15(28-24-14-6-7-17-10-12-18(23)13-11-17)19-8-4-5-9-20(19)21(22(25)26)16(2)27-3/h4-15H,1-3H3,(H,25,26). The Morgan fingerprint density at radius 2 is 1.86 bits per heavy atom. The molecule has 146 valence electrons. The Hall–Kier alpha value is -3.05. The molecule has 0 aliphatic rings. The van der Waals surface area contributed by atoms with Crippen LogP contribution < -0.4 is 0 Å². The normalized spacial score (nSPS) is 13.4. The lowest BCUT2D eigenvalue weighted by molar-refractivity contribution is -0.130. The van der Waals surface area contributed by atoms with Crippen LogP contribution in [0.2, 0.25) is 5.02 Å². The maximum atomic E-state index is 11.7. The van der Waals surface area contributed by atoms with E-state index < -0.39 is 12.1 Å². The molecule has 2 rings (SSSR count). The fraction of sp³-hybridized carbons (Fsp3) is 0.182. The van der Waals surface area contributed by atoms with Crippen molar-refractivity contribution < 1.29 is 19.5 Å². The molecule has 0 radical (unpaired) electrons. The summed E-state index contributed by atoms with van der Waals surface area (Å²) >= 11 is 5.85. The lowest BCUT2D eigenvalue weighted by Gasteiger charge is -2.16. The molecule has 0 saturated heterocycles. The zero-order valence-corrected chi connectivity index (χ0v) is 16.7. The minimum absolute atomic E-state index is 0.0974. The molecule has 28 heavy (non-hydrogen) atoms. The van der Waals surface area contributed by atoms with Gasteiger partial charge in [0.15, 0.2) is 0 Å². The van der Waals surface area contributed by atoms with Crippen LogP contribution in [0.3, 0.4) is 0 Å². The molecule has 0 saturated carbocycles. The molecule has 6 heteroatoms. The highest BCUT2D eigenvalue weighted by Gasteiger charge is 2.21. The number of nitrogens with zero attached hydrogens (tertiary/aromatic N) is 1. The molecule has 0 bridgehead atoms. The summed E-state index contributed by atoms with van der Waals surface area (Å²) in [4.78, 5) is 17.2. The van der Waals surface area contributed by atoms with Crippen LogP contribution in [0.15, 0.2) is 65.5 Å². The number of aliphatic carboxylic acids is 1. The highest BCUT2D eigenvalue weighted by atomic mass is 35.5. The number of allylic oxidation sites excluding steroid dienone is 2. The topological polar surface area (TPSA) is 68.1 Å². The zero-order chi connectivity index (χ0) is 20.5. The third-order valence-electron chi connectivity index (χ3n) is 4.06. The first-order valence-corrected chi connectivity index (χ1v) is 9.00. The second-order valence-corrected chi connectivity index (χ2v) is 6.38. The van der Waals surface area contributed by atoms with Crippen molar-refractivity contribution in [2.24, 2.45) is 5.16 Å². The minimum atomic E-state index is -1.06. The second-order valence-electron chi connectivity index (χ2n) is 5.94. The van der Waals surface area contributed by atoms with E-state index in [2.05, 4.69) is 5.16 Å². The highest BCUT2D eigenvalue weighted by molar-refractivity contribution is 6.30. The molecule has 5 nitrogen and oxygen atoms in total. The maximum Gasteiger partial charge on any atom is 0.339 e. The lowest BCUT2D eigenvalue weighted by Crippen LogP contribution is -2.08. The van der Waals surface area contributed by atoms with Crippen molar-refractivity contribution in [1.29, 1.82) is 0 Å². The molecule has 0 aliphatic heterocycles. The summed E-state index contributed by atoms with van der Waals surface area (Å²) in [5.74, 6) is -0.741. The number of ether oxygens (including phenoxy) is 1. The molecule has 0 fully saturated rings. The molecule has 1 N–H and O–H groups in total. The molecule has 1 unspecified atom stereocenters. The van der Waals surface area contributed by atoms with Crippen molar-refractivity contribution in [3.05, 3.63) is 82.1 Å². The summed E-state index contributed by atoms with van der Waals surface area (Å²) in [6.07, 6.45) is 4.70. The number of oxime groups is 1. The Morgan fingerprint density at radius 3 is 2.50 bits per heavy atom. The van der Waals surface area contributed by atoms with Crippen molar-refractivity contribution in [1.82, 2.24) is 0 Å². The molecule has 2 aromatic rings. The van der Waals surface area contributed by atoms with Crippen LogP contribution in [0.1, 0.15) is 36.6 Å². The first kappa shape index (κ1) is 21.3. The summed E-state index contributed by atoms with van der Waals surface area (Å²) in [7, 11) is 1.44. The van der Waals surface area contributed by atoms with Gasteiger partial charge in [0.25, 0.3) is 0 Å². The first-order chi connectivity index (χ1) is 13.4. The Morgan fingerprint density at radius 1 is 1.18 bits per heavy atom. The second kappa shape index (κ2) is 10.3. The first-order valence-electron chi connectivity index (χ1n) is 8.63. The molecule has 0 aliphatic carbocycles. The Balaban J connectivity index is 2.13. The molecule has 0 spiro atoms. The van der Waals surface area contributed by atoms with Gasteiger partial charge in [-0.1, -0.05) is 59.2 Å². The largest absolute Gasteiger partial charge is 0.500 e. The van der Waals surface area contributed by atoms with Gasteiger partial charge in [-0.2, -0.15) is 0 Å². The van der Waals surface area contributed by atoms with Crippen LogP contribution in [0.4, 0.5) is 0 Å². The van der Waals surface area contributed by atoms with Gasteiger partial charge in [0.1, 0.15) is 17.4 Å². The van der Waals surface area contributed by atoms with E-state index in [4.69, 9.17) is 21.2 Å². The Bertz CT molecular complexity index is 901. The lowest BCUT2D eigenvalue weighted by atomic mass is 9.96. The predicted molar refractivity (Wildman–Crippen MR) is 112 cm³/mol. The van der Waals surface area contributed by atoms with E-state index in [-0.39, 0.29) is 5.57 Å². The number of carbonyl (C=O) groups is 1. The van der Waals surface area contributed by atoms with E-state index >= 15 is 0 Å². The average Bonchev–Trinajstić information content (AvgIpc) is 2.69. The van der Waals surface area contributed by atoms with Crippen LogP contribution in [0.25, 0.3) is 11.6 Å². The summed E-state index contributed by atoms with van der Waals surface area (Å²) in [5, 5.41) is 14.2. The van der Waals surface area contributed by atoms with Crippen molar-refractivity contribution in [2.45, 2.75) is 20.0 Å². The number of halogens is 1. The average molecular weight is 400 g/mol. The van der Waals surface area contributed by atoms with Crippen molar-refractivity contribution >= 4 is 35.4 Å². The van der Waals surface area contributed by atoms with Crippen molar-refractivity contribution in [2.75, 3.05) is 7.11 Å². The number of hydrogen-bond acceptors (Lipinski definition) is 4. The number of methoxy groups -OCH3 is 1. The van der Waals surface area contributed by atoms with Gasteiger partial charge >= 0.3 is 5.97 Å². The molecule has 2 aromatic carbocycles. The summed E-state index contributed by atoms with van der Waals surface area (Å²) in [5.41, 5.74) is 2.32. The molecule has 0 aromatic heterocycles.